The van der Waals surface area contributed by atoms with E-state index >= 15 is 0 Å². The van der Waals surface area contributed by atoms with E-state index in [1.54, 1.807) is 0 Å². The zero-order valence-electron chi connectivity index (χ0n) is 17.9. The molecule has 4 heterocycles. The minimum atomic E-state index is -0.466. The standard InChI is InChI=1S/C24H23NO6S/c1-14-7-18(15(2)25(14)10-16-3-4-20-21(8-16)31-13-30-20)19(26)12-29-24(27)23-9-17-11-28-6-5-22(17)32-23/h3-4,7-9H,5-6,10-13H2,1-2H3. The normalized spacial score (nSPS) is 14.3. The molecule has 3 aromatic rings. The summed E-state index contributed by atoms with van der Waals surface area (Å²) in [6.45, 7) is 5.61. The highest BCUT2D eigenvalue weighted by atomic mass is 32.1. The average molecular weight is 454 g/mol. The lowest BCUT2D eigenvalue weighted by atomic mass is 10.1. The van der Waals surface area contributed by atoms with Gasteiger partial charge in [0.15, 0.2) is 18.1 Å². The average Bonchev–Trinajstić information content (AvgIpc) is 3.50. The first-order valence-electron chi connectivity index (χ1n) is 10.4. The van der Waals surface area contributed by atoms with Crippen LogP contribution in [0.3, 0.4) is 0 Å². The molecule has 0 spiro atoms. The third-order valence-electron chi connectivity index (χ3n) is 5.81. The molecule has 0 amide bonds. The Kier molecular flexibility index (Phi) is 5.48. The predicted molar refractivity (Wildman–Crippen MR) is 118 cm³/mol. The number of hydrogen-bond donors (Lipinski definition) is 0. The molecule has 0 radical (unpaired) electrons. The molecule has 2 aliphatic heterocycles. The van der Waals surface area contributed by atoms with E-state index in [0.717, 1.165) is 45.3 Å². The second-order valence-electron chi connectivity index (χ2n) is 7.92. The molecule has 0 aliphatic carbocycles. The van der Waals surface area contributed by atoms with Gasteiger partial charge in [0.25, 0.3) is 0 Å². The number of hydrogen-bond acceptors (Lipinski definition) is 7. The second-order valence-corrected chi connectivity index (χ2v) is 9.06. The smallest absolute Gasteiger partial charge is 0.348 e. The van der Waals surface area contributed by atoms with Gasteiger partial charge in [0.2, 0.25) is 12.6 Å². The third-order valence-corrected chi connectivity index (χ3v) is 7.03. The number of Topliss-reactive ketones (excluding diaryl/α,β-unsaturated/α-hetero) is 1. The molecule has 0 atom stereocenters. The van der Waals surface area contributed by atoms with Gasteiger partial charge in [-0.05, 0) is 49.2 Å². The third kappa shape index (κ3) is 3.91. The molecule has 2 aromatic heterocycles. The molecule has 0 unspecified atom stereocenters. The minimum Gasteiger partial charge on any atom is -0.454 e. The van der Waals surface area contributed by atoms with Crippen LogP contribution < -0.4 is 9.47 Å². The number of nitrogens with zero attached hydrogens (tertiary/aromatic N) is 1. The number of benzene rings is 1. The van der Waals surface area contributed by atoms with Crippen molar-refractivity contribution in [3.8, 4) is 11.5 Å². The van der Waals surface area contributed by atoms with Gasteiger partial charge in [-0.15, -0.1) is 11.3 Å². The molecule has 7 nitrogen and oxygen atoms in total. The molecule has 5 rings (SSSR count). The van der Waals surface area contributed by atoms with Crippen molar-refractivity contribution in [2.24, 2.45) is 0 Å². The highest BCUT2D eigenvalue weighted by Gasteiger charge is 2.22. The van der Waals surface area contributed by atoms with E-state index in [2.05, 4.69) is 4.57 Å². The molecule has 0 saturated carbocycles. The Hall–Kier alpha value is -3.10. The fraction of sp³-hybridized carbons (Fsp3) is 0.333. The number of thiophene rings is 1. The molecular weight excluding hydrogens is 430 g/mol. The molecule has 166 valence electrons. The number of ether oxygens (including phenoxy) is 4. The van der Waals surface area contributed by atoms with Gasteiger partial charge >= 0.3 is 5.97 Å². The number of carbonyl (C=O) groups excluding carboxylic acids is 2. The molecule has 0 N–H and O–H groups in total. The fourth-order valence-electron chi connectivity index (χ4n) is 4.08. The summed E-state index contributed by atoms with van der Waals surface area (Å²) in [5.74, 6) is 0.793. The lowest BCUT2D eigenvalue weighted by Crippen LogP contribution is -2.14. The summed E-state index contributed by atoms with van der Waals surface area (Å²) in [4.78, 5) is 27.0. The first kappa shape index (κ1) is 20.8. The molecule has 0 saturated heterocycles. The number of fused-ring (bicyclic) bond motifs is 2. The Labute approximate surface area is 189 Å². The van der Waals surface area contributed by atoms with Gasteiger partial charge in [-0.2, -0.15) is 0 Å². The van der Waals surface area contributed by atoms with Crippen LogP contribution in [-0.2, 0) is 29.0 Å². The fourth-order valence-corrected chi connectivity index (χ4v) is 5.12. The maximum Gasteiger partial charge on any atom is 0.348 e. The van der Waals surface area contributed by atoms with Crippen LogP contribution in [0.15, 0.2) is 30.3 Å². The van der Waals surface area contributed by atoms with Crippen LogP contribution in [0, 0.1) is 13.8 Å². The number of esters is 1. The Morgan fingerprint density at radius 1 is 1.12 bits per heavy atom. The van der Waals surface area contributed by atoms with Crippen LogP contribution in [0.25, 0.3) is 0 Å². The zero-order valence-corrected chi connectivity index (χ0v) is 18.8. The van der Waals surface area contributed by atoms with Gasteiger partial charge in [-0.3, -0.25) is 4.79 Å². The Bertz CT molecular complexity index is 1180. The van der Waals surface area contributed by atoms with Gasteiger partial charge in [0.05, 0.1) is 13.2 Å². The first-order chi connectivity index (χ1) is 15.5. The SMILES string of the molecule is Cc1cc(C(=O)COC(=O)c2cc3c(s2)CCOC3)c(C)n1Cc1ccc2c(c1)OCO2. The quantitative estimate of drug-likeness (QED) is 0.414. The largest absolute Gasteiger partial charge is 0.454 e. The van der Waals surface area contributed by atoms with Gasteiger partial charge in [-0.25, -0.2) is 4.79 Å². The van der Waals surface area contributed by atoms with Crippen molar-refractivity contribution < 1.29 is 28.5 Å². The van der Waals surface area contributed by atoms with E-state index in [4.69, 9.17) is 18.9 Å². The van der Waals surface area contributed by atoms with Crippen molar-refractivity contribution in [2.45, 2.75) is 33.4 Å². The van der Waals surface area contributed by atoms with Crippen molar-refractivity contribution in [2.75, 3.05) is 20.0 Å². The summed E-state index contributed by atoms with van der Waals surface area (Å²) < 4.78 is 23.7. The van der Waals surface area contributed by atoms with Crippen molar-refractivity contribution >= 4 is 23.1 Å². The van der Waals surface area contributed by atoms with Crippen LogP contribution in [0.1, 0.15) is 47.4 Å². The maximum atomic E-state index is 12.8. The van der Waals surface area contributed by atoms with Crippen molar-refractivity contribution in [1.29, 1.82) is 0 Å². The van der Waals surface area contributed by atoms with E-state index in [1.165, 1.54) is 11.3 Å². The Balaban J connectivity index is 1.26. The Morgan fingerprint density at radius 2 is 1.97 bits per heavy atom. The van der Waals surface area contributed by atoms with Crippen LogP contribution >= 0.6 is 11.3 Å². The van der Waals surface area contributed by atoms with Crippen LogP contribution in [0.2, 0.25) is 0 Å². The molecule has 0 fully saturated rings. The van der Waals surface area contributed by atoms with Crippen molar-refractivity contribution in [1.82, 2.24) is 4.57 Å². The molecule has 0 bridgehead atoms. The van der Waals surface area contributed by atoms with Gasteiger partial charge in [0.1, 0.15) is 4.88 Å². The second kappa shape index (κ2) is 8.44. The molecule has 32 heavy (non-hydrogen) atoms. The van der Waals surface area contributed by atoms with Crippen LogP contribution in [0.5, 0.6) is 11.5 Å². The van der Waals surface area contributed by atoms with Gasteiger partial charge < -0.3 is 23.5 Å². The van der Waals surface area contributed by atoms with Crippen molar-refractivity contribution in [3.63, 3.8) is 0 Å². The molecule has 8 heteroatoms. The zero-order chi connectivity index (χ0) is 22.2. The highest BCUT2D eigenvalue weighted by Crippen LogP contribution is 2.33. The van der Waals surface area contributed by atoms with Crippen molar-refractivity contribution in [3.05, 3.63) is 68.2 Å². The van der Waals surface area contributed by atoms with Crippen LogP contribution in [0.4, 0.5) is 0 Å². The van der Waals surface area contributed by atoms with E-state index in [-0.39, 0.29) is 19.2 Å². The minimum absolute atomic E-state index is 0.215. The van der Waals surface area contributed by atoms with E-state index in [0.29, 0.717) is 30.2 Å². The van der Waals surface area contributed by atoms with E-state index in [1.807, 2.05) is 44.2 Å². The summed E-state index contributed by atoms with van der Waals surface area (Å²) in [7, 11) is 0. The van der Waals surface area contributed by atoms with E-state index < -0.39 is 5.97 Å². The lowest BCUT2D eigenvalue weighted by Gasteiger charge is -2.11. The summed E-state index contributed by atoms with van der Waals surface area (Å²) in [5.41, 5.74) is 4.44. The van der Waals surface area contributed by atoms with Gasteiger partial charge in [-0.1, -0.05) is 6.07 Å². The number of ketones is 1. The predicted octanol–water partition coefficient (Wildman–Crippen LogP) is 4.06. The molecule has 2 aliphatic rings. The Morgan fingerprint density at radius 3 is 2.81 bits per heavy atom. The van der Waals surface area contributed by atoms with E-state index in [9.17, 15) is 9.59 Å². The maximum absolute atomic E-state index is 12.8. The molecular formula is C24H23NO6S. The highest BCUT2D eigenvalue weighted by molar-refractivity contribution is 7.14. The molecule has 1 aromatic carbocycles. The number of aromatic nitrogens is 1. The summed E-state index contributed by atoms with van der Waals surface area (Å²) >= 11 is 1.42. The van der Waals surface area contributed by atoms with Gasteiger partial charge in [0, 0.05) is 34.8 Å². The summed E-state index contributed by atoms with van der Waals surface area (Å²) in [6, 6.07) is 9.49. The number of carbonyl (C=O) groups is 2. The summed E-state index contributed by atoms with van der Waals surface area (Å²) in [6.07, 6.45) is 0.807. The number of rotatable bonds is 6. The first-order valence-corrected chi connectivity index (χ1v) is 11.3. The monoisotopic (exact) mass is 453 g/mol. The van der Waals surface area contributed by atoms with Crippen LogP contribution in [-0.4, -0.2) is 36.3 Å². The number of aryl methyl sites for hydroxylation is 1. The topological polar surface area (TPSA) is 76.0 Å². The summed E-state index contributed by atoms with van der Waals surface area (Å²) in [5, 5.41) is 0. The lowest BCUT2D eigenvalue weighted by molar-refractivity contribution is 0.0479.